The van der Waals surface area contributed by atoms with E-state index in [2.05, 4.69) is 65.3 Å². The van der Waals surface area contributed by atoms with E-state index >= 15 is 0 Å². The zero-order chi connectivity index (χ0) is 28.8. The highest BCUT2D eigenvalue weighted by molar-refractivity contribution is 5.89. The maximum Gasteiger partial charge on any atom is 0.321 e. The normalized spacial score (nSPS) is 22.4. The van der Waals surface area contributed by atoms with Crippen LogP contribution in [0.25, 0.3) is 0 Å². The molecule has 0 bridgehead atoms. The van der Waals surface area contributed by atoms with Crippen molar-refractivity contribution in [1.82, 2.24) is 14.7 Å². The van der Waals surface area contributed by atoms with Gasteiger partial charge < -0.3 is 25.0 Å². The van der Waals surface area contributed by atoms with Crippen molar-refractivity contribution < 1.29 is 14.6 Å². The highest BCUT2D eigenvalue weighted by Gasteiger charge is 2.50. The summed E-state index contributed by atoms with van der Waals surface area (Å²) in [5.74, 6) is 7.76. The fourth-order valence-corrected chi connectivity index (χ4v) is 6.19. The van der Waals surface area contributed by atoms with Gasteiger partial charge in [0.15, 0.2) is 0 Å². The number of benzene rings is 3. The van der Waals surface area contributed by atoms with Crippen LogP contribution in [0.3, 0.4) is 0 Å². The van der Waals surface area contributed by atoms with Gasteiger partial charge in [0.2, 0.25) is 0 Å². The molecule has 3 unspecified atom stereocenters. The van der Waals surface area contributed by atoms with E-state index < -0.39 is 0 Å². The number of rotatable bonds is 6. The number of fused-ring (bicyclic) bond motifs is 1. The molecule has 7 heteroatoms. The first-order chi connectivity index (χ1) is 19.9. The van der Waals surface area contributed by atoms with Crippen LogP contribution in [0.1, 0.15) is 29.0 Å². The van der Waals surface area contributed by atoms with Crippen LogP contribution in [0.15, 0.2) is 78.9 Å². The first kappa shape index (κ1) is 28.7. The quantitative estimate of drug-likeness (QED) is 0.446. The van der Waals surface area contributed by atoms with Crippen molar-refractivity contribution in [1.29, 1.82) is 0 Å². The van der Waals surface area contributed by atoms with Crippen LogP contribution in [0.4, 0.5) is 10.5 Å². The molecule has 0 radical (unpaired) electrons. The third kappa shape index (κ3) is 6.91. The summed E-state index contributed by atoms with van der Waals surface area (Å²) in [7, 11) is 5.81. The van der Waals surface area contributed by atoms with E-state index in [9.17, 15) is 9.90 Å². The summed E-state index contributed by atoms with van der Waals surface area (Å²) in [5.41, 5.74) is 3.86. The van der Waals surface area contributed by atoms with Gasteiger partial charge in [-0.05, 0) is 80.5 Å². The number of carbonyl (C=O) groups excluding carboxylic acids is 1. The Labute approximate surface area is 243 Å². The van der Waals surface area contributed by atoms with Crippen LogP contribution in [-0.4, -0.2) is 91.9 Å². The average molecular weight is 553 g/mol. The molecule has 2 aliphatic heterocycles. The number of aliphatic hydroxyl groups excluding tert-OH is 1. The summed E-state index contributed by atoms with van der Waals surface area (Å²) in [6.45, 7) is 3.24. The van der Waals surface area contributed by atoms with Crippen molar-refractivity contribution >= 4 is 11.7 Å². The number of aliphatic hydroxyl groups is 1. The molecule has 2 saturated heterocycles. The van der Waals surface area contributed by atoms with Crippen molar-refractivity contribution in [2.24, 2.45) is 5.92 Å². The summed E-state index contributed by atoms with van der Waals surface area (Å²) in [6.07, 6.45) is 0.912. The van der Waals surface area contributed by atoms with Crippen molar-refractivity contribution in [3.8, 4) is 17.6 Å². The van der Waals surface area contributed by atoms with Gasteiger partial charge in [0.25, 0.3) is 0 Å². The number of hydrogen-bond donors (Lipinski definition) is 2. The lowest BCUT2D eigenvalue weighted by Crippen LogP contribution is -2.69. The monoisotopic (exact) mass is 552 g/mol. The van der Waals surface area contributed by atoms with Gasteiger partial charge in [0, 0.05) is 61.0 Å². The third-order valence-electron chi connectivity index (χ3n) is 8.22. The summed E-state index contributed by atoms with van der Waals surface area (Å²) >= 11 is 0. The highest BCUT2D eigenvalue weighted by atomic mass is 16.5. The number of nitrogens with one attached hydrogen (secondary N) is 1. The average Bonchev–Trinajstić information content (AvgIpc) is 2.98. The van der Waals surface area contributed by atoms with Crippen LogP contribution in [0.5, 0.6) is 5.75 Å². The lowest BCUT2D eigenvalue weighted by atomic mass is 9.73. The van der Waals surface area contributed by atoms with Crippen LogP contribution >= 0.6 is 0 Å². The Hall–Kier alpha value is -3.83. The molecule has 2 aliphatic rings. The fourth-order valence-electron chi connectivity index (χ4n) is 6.19. The van der Waals surface area contributed by atoms with Crippen molar-refractivity contribution in [2.75, 3.05) is 59.3 Å². The van der Waals surface area contributed by atoms with E-state index in [1.807, 2.05) is 59.5 Å². The first-order valence-electron chi connectivity index (χ1n) is 14.3. The van der Waals surface area contributed by atoms with Gasteiger partial charge in [-0.25, -0.2) is 4.79 Å². The zero-order valence-electron chi connectivity index (χ0n) is 24.2. The molecule has 0 aliphatic carbocycles. The summed E-state index contributed by atoms with van der Waals surface area (Å²) in [4.78, 5) is 20.1. The topological polar surface area (TPSA) is 68.3 Å². The molecule has 5 rings (SSSR count). The van der Waals surface area contributed by atoms with E-state index in [4.69, 9.17) is 4.74 Å². The number of amides is 2. The lowest BCUT2D eigenvalue weighted by Gasteiger charge is -2.58. The largest absolute Gasteiger partial charge is 0.497 e. The Bertz CT molecular complexity index is 1350. The number of methoxy groups -OCH3 is 1. The summed E-state index contributed by atoms with van der Waals surface area (Å²) < 4.78 is 5.25. The molecule has 214 valence electrons. The molecule has 41 heavy (non-hydrogen) atoms. The molecule has 0 aromatic heterocycles. The van der Waals surface area contributed by atoms with E-state index in [1.54, 1.807) is 7.11 Å². The van der Waals surface area contributed by atoms with Crippen LogP contribution in [0, 0.1) is 17.8 Å². The number of urea groups is 1. The minimum Gasteiger partial charge on any atom is -0.497 e. The number of hydrogen-bond acceptors (Lipinski definition) is 5. The molecule has 3 aromatic carbocycles. The second kappa shape index (κ2) is 13.2. The Balaban J connectivity index is 1.36. The molecule has 2 N–H and O–H groups in total. The minimum absolute atomic E-state index is 0.0236. The number of ether oxygens (including phenoxy) is 1. The SMILES string of the molecule is COc1ccc(NC(=O)N2CCC(CN(C)C)CN3C(C2)C(c2ccc(C#Cc4ccccc4)cc2)[C@H]3CO)cc1. The molecule has 7 nitrogen and oxygen atoms in total. The molecular formula is C34H40N4O3. The molecule has 4 atom stereocenters. The Morgan fingerprint density at radius 2 is 1.66 bits per heavy atom. The van der Waals surface area contributed by atoms with E-state index in [0.29, 0.717) is 19.0 Å². The second-order valence-electron chi connectivity index (χ2n) is 11.3. The minimum atomic E-state index is -0.0987. The van der Waals surface area contributed by atoms with Gasteiger partial charge in [-0.1, -0.05) is 42.2 Å². The lowest BCUT2D eigenvalue weighted by molar-refractivity contribution is -0.0713. The summed E-state index contributed by atoms with van der Waals surface area (Å²) in [6, 6.07) is 25.8. The molecule has 2 heterocycles. The van der Waals surface area contributed by atoms with Gasteiger partial charge in [0.1, 0.15) is 5.75 Å². The maximum atomic E-state index is 13.5. The predicted molar refractivity (Wildman–Crippen MR) is 163 cm³/mol. The number of carbonyl (C=O) groups is 1. The van der Waals surface area contributed by atoms with E-state index in [0.717, 1.165) is 42.1 Å². The second-order valence-corrected chi connectivity index (χ2v) is 11.3. The van der Waals surface area contributed by atoms with Crippen molar-refractivity contribution in [3.63, 3.8) is 0 Å². The Morgan fingerprint density at radius 1 is 0.976 bits per heavy atom. The Morgan fingerprint density at radius 3 is 2.29 bits per heavy atom. The predicted octanol–water partition coefficient (Wildman–Crippen LogP) is 4.34. The zero-order valence-corrected chi connectivity index (χ0v) is 24.2. The van der Waals surface area contributed by atoms with Crippen LogP contribution in [0.2, 0.25) is 0 Å². The Kier molecular flexibility index (Phi) is 9.25. The summed E-state index contributed by atoms with van der Waals surface area (Å²) in [5, 5.41) is 13.6. The maximum absolute atomic E-state index is 13.5. The highest BCUT2D eigenvalue weighted by Crippen LogP contribution is 2.42. The van der Waals surface area contributed by atoms with Gasteiger partial charge in [-0.3, -0.25) is 4.90 Å². The molecule has 0 spiro atoms. The van der Waals surface area contributed by atoms with Crippen molar-refractivity contribution in [3.05, 3.63) is 95.6 Å². The fraction of sp³-hybridized carbons (Fsp3) is 0.382. The van der Waals surface area contributed by atoms with E-state index in [1.165, 1.54) is 5.56 Å². The number of nitrogens with zero attached hydrogens (tertiary/aromatic N) is 3. The van der Waals surface area contributed by atoms with Gasteiger partial charge in [-0.15, -0.1) is 0 Å². The number of anilines is 1. The molecule has 0 saturated carbocycles. The molecule has 2 fully saturated rings. The van der Waals surface area contributed by atoms with E-state index in [-0.39, 0.29) is 30.6 Å². The van der Waals surface area contributed by atoms with Gasteiger partial charge in [0.05, 0.1) is 13.7 Å². The molecular weight excluding hydrogens is 512 g/mol. The van der Waals surface area contributed by atoms with Gasteiger partial charge in [-0.2, -0.15) is 0 Å². The standard InChI is InChI=1S/C34H40N4O3/c1-36(2)21-27-19-20-37(34(40)35-29-15-17-30(41-3)18-16-29)23-31-33(32(24-39)38(31)22-27)28-13-11-26(12-14-28)10-9-25-7-5-4-6-8-25/h4-8,11-18,27,31-33,39H,19-24H2,1-3H3,(H,35,40)/t27?,31?,32-,33?/m1/s1. The first-order valence-corrected chi connectivity index (χ1v) is 14.3. The molecule has 2 amide bonds. The van der Waals surface area contributed by atoms with Crippen LogP contribution < -0.4 is 10.1 Å². The smallest absolute Gasteiger partial charge is 0.321 e. The third-order valence-corrected chi connectivity index (χ3v) is 8.22. The van der Waals surface area contributed by atoms with Gasteiger partial charge >= 0.3 is 6.03 Å². The van der Waals surface area contributed by atoms with Crippen molar-refractivity contribution in [2.45, 2.75) is 24.4 Å². The van der Waals surface area contributed by atoms with Crippen LogP contribution in [-0.2, 0) is 0 Å². The molecule has 3 aromatic rings.